The van der Waals surface area contributed by atoms with Crippen LogP contribution in [-0.4, -0.2) is 8.83 Å². The van der Waals surface area contributed by atoms with Crippen molar-refractivity contribution >= 4 is 25.1 Å². The molecule has 0 aliphatic carbocycles. The second-order valence-electron chi connectivity index (χ2n) is 1.91. The molecule has 0 N–H and O–H groups in total. The average Bonchev–Trinajstić information content (AvgIpc) is 1.89. The van der Waals surface area contributed by atoms with Crippen LogP contribution in [0.15, 0.2) is 24.3 Å². The number of halogens is 1. The highest BCUT2D eigenvalue weighted by Crippen LogP contribution is 1.91. The van der Waals surface area contributed by atoms with Gasteiger partial charge in [0.25, 0.3) is 0 Å². The zero-order chi connectivity index (χ0) is 6.69. The van der Waals surface area contributed by atoms with Crippen molar-refractivity contribution in [2.75, 3.05) is 0 Å². The minimum atomic E-state index is 0.401. The van der Waals surface area contributed by atoms with Gasteiger partial charge in [0.15, 0.2) is 0 Å². The summed E-state index contributed by atoms with van der Waals surface area (Å²) in [5, 5.41) is 1.25. The van der Waals surface area contributed by atoms with E-state index in [9.17, 15) is 0 Å². The van der Waals surface area contributed by atoms with Crippen LogP contribution < -0.4 is 5.19 Å². The van der Waals surface area contributed by atoms with Gasteiger partial charge in [0, 0.05) is 0 Å². The molecule has 9 heavy (non-hydrogen) atoms. The SMILES string of the molecule is Cc1ccccc1[Si]Cl. The van der Waals surface area contributed by atoms with E-state index in [1.54, 1.807) is 0 Å². The lowest BCUT2D eigenvalue weighted by atomic mass is 10.2. The van der Waals surface area contributed by atoms with Gasteiger partial charge in [0.1, 0.15) is 0 Å². The van der Waals surface area contributed by atoms with E-state index in [4.69, 9.17) is 11.1 Å². The molecule has 0 heterocycles. The highest BCUT2D eigenvalue weighted by molar-refractivity contribution is 7.01. The van der Waals surface area contributed by atoms with Gasteiger partial charge in [-0.1, -0.05) is 29.8 Å². The van der Waals surface area contributed by atoms with Crippen LogP contribution in [0.3, 0.4) is 0 Å². The average molecular weight is 155 g/mol. The van der Waals surface area contributed by atoms with Gasteiger partial charge < -0.3 is 0 Å². The normalized spacial score (nSPS) is 9.56. The lowest BCUT2D eigenvalue weighted by molar-refractivity contribution is 1.52. The number of hydrogen-bond acceptors (Lipinski definition) is 0. The molecule has 0 aromatic heterocycles. The first-order chi connectivity index (χ1) is 4.34. The smallest absolute Gasteiger partial charge is 0.165 e. The fraction of sp³-hybridized carbons (Fsp3) is 0.143. The predicted molar refractivity (Wildman–Crippen MR) is 42.4 cm³/mol. The van der Waals surface area contributed by atoms with E-state index in [0.29, 0.717) is 8.83 Å². The van der Waals surface area contributed by atoms with Gasteiger partial charge in [0.2, 0.25) is 8.83 Å². The van der Waals surface area contributed by atoms with E-state index in [1.807, 2.05) is 12.1 Å². The first kappa shape index (κ1) is 6.84. The third-order valence-electron chi connectivity index (χ3n) is 1.25. The van der Waals surface area contributed by atoms with Crippen LogP contribution in [-0.2, 0) is 0 Å². The molecule has 2 radical (unpaired) electrons. The monoisotopic (exact) mass is 154 g/mol. The standard InChI is InChI=1S/C7H7ClSi/c1-6-4-2-3-5-7(6)9-8/h2-5H,1H3. The first-order valence-electron chi connectivity index (χ1n) is 2.77. The number of rotatable bonds is 1. The molecule has 0 aliphatic rings. The Balaban J connectivity index is 3.01. The van der Waals surface area contributed by atoms with E-state index in [2.05, 4.69) is 19.1 Å². The Bertz CT molecular complexity index is 198. The highest BCUT2D eigenvalue weighted by atomic mass is 35.6. The highest BCUT2D eigenvalue weighted by Gasteiger charge is 1.92. The molecule has 0 atom stereocenters. The van der Waals surface area contributed by atoms with Crippen molar-refractivity contribution in [2.24, 2.45) is 0 Å². The van der Waals surface area contributed by atoms with E-state index in [0.717, 1.165) is 0 Å². The van der Waals surface area contributed by atoms with E-state index in [1.165, 1.54) is 10.8 Å². The Kier molecular flexibility index (Phi) is 2.31. The van der Waals surface area contributed by atoms with Gasteiger partial charge in [-0.25, -0.2) is 0 Å². The largest absolute Gasteiger partial charge is 0.210 e. The molecule has 0 aliphatic heterocycles. The number of benzene rings is 1. The summed E-state index contributed by atoms with van der Waals surface area (Å²) in [7, 11) is 0.401. The summed E-state index contributed by atoms with van der Waals surface area (Å²) in [4.78, 5) is 0. The molecule has 0 saturated heterocycles. The summed E-state index contributed by atoms with van der Waals surface area (Å²) in [5.41, 5.74) is 1.28. The van der Waals surface area contributed by atoms with Gasteiger partial charge in [-0.15, -0.1) is 0 Å². The maximum absolute atomic E-state index is 5.66. The fourth-order valence-corrected chi connectivity index (χ4v) is 1.71. The van der Waals surface area contributed by atoms with Crippen LogP contribution in [0, 0.1) is 6.92 Å². The van der Waals surface area contributed by atoms with Crippen LogP contribution in [0.2, 0.25) is 0 Å². The van der Waals surface area contributed by atoms with Gasteiger partial charge in [-0.3, -0.25) is 0 Å². The van der Waals surface area contributed by atoms with Crippen molar-refractivity contribution in [3.8, 4) is 0 Å². The lowest BCUT2D eigenvalue weighted by Gasteiger charge is -1.96. The summed E-state index contributed by atoms with van der Waals surface area (Å²) in [6.07, 6.45) is 0. The van der Waals surface area contributed by atoms with Crippen LogP contribution in [0.5, 0.6) is 0 Å². The zero-order valence-corrected chi connectivity index (χ0v) is 6.94. The van der Waals surface area contributed by atoms with Crippen molar-refractivity contribution in [2.45, 2.75) is 6.92 Å². The Morgan fingerprint density at radius 2 is 2.00 bits per heavy atom. The van der Waals surface area contributed by atoms with Gasteiger partial charge >= 0.3 is 0 Å². The summed E-state index contributed by atoms with van der Waals surface area (Å²) < 4.78 is 0. The Labute approximate surface area is 62.4 Å². The maximum Gasteiger partial charge on any atom is 0.210 e. The molecular weight excluding hydrogens is 148 g/mol. The second-order valence-corrected chi connectivity index (χ2v) is 3.20. The third-order valence-corrected chi connectivity index (χ3v) is 2.62. The van der Waals surface area contributed by atoms with Gasteiger partial charge in [-0.2, -0.15) is 11.1 Å². The van der Waals surface area contributed by atoms with Crippen LogP contribution in [0.1, 0.15) is 5.56 Å². The Hall–Kier alpha value is -0.273. The summed E-state index contributed by atoms with van der Waals surface area (Å²) in [5.74, 6) is 0. The van der Waals surface area contributed by atoms with Crippen molar-refractivity contribution in [3.63, 3.8) is 0 Å². The van der Waals surface area contributed by atoms with E-state index < -0.39 is 0 Å². The fourth-order valence-electron chi connectivity index (χ4n) is 0.679. The van der Waals surface area contributed by atoms with Crippen molar-refractivity contribution in [3.05, 3.63) is 29.8 Å². The molecule has 0 unspecified atom stereocenters. The molecule has 0 bridgehead atoms. The van der Waals surface area contributed by atoms with E-state index in [-0.39, 0.29) is 0 Å². The molecule has 1 aromatic rings. The molecule has 0 spiro atoms. The quantitative estimate of drug-likeness (QED) is 0.425. The van der Waals surface area contributed by atoms with Crippen LogP contribution >= 0.6 is 11.1 Å². The molecule has 0 fully saturated rings. The summed E-state index contributed by atoms with van der Waals surface area (Å²) in [6.45, 7) is 2.07. The first-order valence-corrected chi connectivity index (χ1v) is 4.78. The zero-order valence-electron chi connectivity index (χ0n) is 5.19. The predicted octanol–water partition coefficient (Wildman–Crippen LogP) is 1.48. The molecular formula is C7H7ClSi. The van der Waals surface area contributed by atoms with Crippen molar-refractivity contribution in [1.29, 1.82) is 0 Å². The number of hydrogen-bond donors (Lipinski definition) is 0. The van der Waals surface area contributed by atoms with Gasteiger partial charge in [-0.05, 0) is 12.1 Å². The minimum Gasteiger partial charge on any atom is -0.165 e. The Morgan fingerprint density at radius 1 is 1.33 bits per heavy atom. The van der Waals surface area contributed by atoms with Gasteiger partial charge in [0.05, 0.1) is 0 Å². The molecule has 46 valence electrons. The Morgan fingerprint density at radius 3 is 2.44 bits per heavy atom. The summed E-state index contributed by atoms with van der Waals surface area (Å²) >= 11 is 5.66. The maximum atomic E-state index is 5.66. The summed E-state index contributed by atoms with van der Waals surface area (Å²) in [6, 6.07) is 8.17. The second kappa shape index (κ2) is 3.04. The van der Waals surface area contributed by atoms with E-state index >= 15 is 0 Å². The van der Waals surface area contributed by atoms with Crippen LogP contribution in [0.4, 0.5) is 0 Å². The topological polar surface area (TPSA) is 0 Å². The van der Waals surface area contributed by atoms with Crippen LogP contribution in [0.25, 0.3) is 0 Å². The van der Waals surface area contributed by atoms with Crippen molar-refractivity contribution < 1.29 is 0 Å². The molecule has 0 saturated carbocycles. The third kappa shape index (κ3) is 1.56. The molecule has 1 aromatic carbocycles. The molecule has 1 rings (SSSR count). The lowest BCUT2D eigenvalue weighted by Crippen LogP contribution is -2.11. The molecule has 0 nitrogen and oxygen atoms in total. The number of aryl methyl sites for hydroxylation is 1. The molecule has 2 heteroatoms. The molecule has 0 amide bonds. The minimum absolute atomic E-state index is 0.401. The van der Waals surface area contributed by atoms with Crippen molar-refractivity contribution in [1.82, 2.24) is 0 Å².